The minimum absolute atomic E-state index is 0.654. The third-order valence-electron chi connectivity index (χ3n) is 3.44. The van der Waals surface area contributed by atoms with E-state index in [1.165, 1.54) is 25.7 Å². The second-order valence-electron chi connectivity index (χ2n) is 4.80. The van der Waals surface area contributed by atoms with Crippen LogP contribution in [0, 0.1) is 12.8 Å². The molecule has 2 rings (SSSR count). The van der Waals surface area contributed by atoms with E-state index in [-0.39, 0.29) is 0 Å². The van der Waals surface area contributed by atoms with Gasteiger partial charge in [0.15, 0.2) is 5.82 Å². The van der Waals surface area contributed by atoms with Crippen molar-refractivity contribution in [3.05, 3.63) is 11.7 Å². The zero-order valence-electron chi connectivity index (χ0n) is 10.2. The zero-order valence-corrected chi connectivity index (χ0v) is 10.2. The maximum absolute atomic E-state index is 4.94. The van der Waals surface area contributed by atoms with Gasteiger partial charge in [0, 0.05) is 25.9 Å². The van der Waals surface area contributed by atoms with Crippen LogP contribution >= 0.6 is 0 Å². The highest BCUT2D eigenvalue weighted by Gasteiger charge is 2.20. The quantitative estimate of drug-likeness (QED) is 0.849. The molecule has 4 heteroatoms. The van der Waals surface area contributed by atoms with Crippen molar-refractivity contribution in [1.82, 2.24) is 15.5 Å². The first kappa shape index (κ1) is 11.6. The molecule has 1 aliphatic carbocycles. The summed E-state index contributed by atoms with van der Waals surface area (Å²) in [5.74, 6) is 2.27. The molecular weight excluding hydrogens is 202 g/mol. The van der Waals surface area contributed by atoms with Gasteiger partial charge in [-0.2, -0.15) is 4.98 Å². The van der Waals surface area contributed by atoms with E-state index in [0.717, 1.165) is 24.7 Å². The standard InChI is InChI=1S/C12H21N3O/c1-9-5-3-4-6-11(9)13-8-7-12-14-10(2)16-15-12/h9,11,13H,3-8H2,1-2H3. The number of aromatic nitrogens is 2. The molecule has 1 saturated carbocycles. The maximum atomic E-state index is 4.94. The second kappa shape index (κ2) is 5.43. The van der Waals surface area contributed by atoms with Gasteiger partial charge in [-0.1, -0.05) is 24.9 Å². The lowest BCUT2D eigenvalue weighted by molar-refractivity contribution is 0.281. The van der Waals surface area contributed by atoms with Crippen LogP contribution < -0.4 is 5.32 Å². The Kier molecular flexibility index (Phi) is 3.93. The molecule has 1 fully saturated rings. The highest BCUT2D eigenvalue weighted by atomic mass is 16.5. The fourth-order valence-electron chi connectivity index (χ4n) is 2.43. The Labute approximate surface area is 96.8 Å². The minimum Gasteiger partial charge on any atom is -0.340 e. The molecule has 1 heterocycles. The van der Waals surface area contributed by atoms with Gasteiger partial charge in [-0.25, -0.2) is 0 Å². The largest absolute Gasteiger partial charge is 0.340 e. The van der Waals surface area contributed by atoms with E-state index < -0.39 is 0 Å². The van der Waals surface area contributed by atoms with Crippen molar-refractivity contribution in [2.45, 2.75) is 52.0 Å². The van der Waals surface area contributed by atoms with E-state index in [4.69, 9.17) is 4.52 Å². The number of nitrogens with zero attached hydrogens (tertiary/aromatic N) is 2. The van der Waals surface area contributed by atoms with Crippen molar-refractivity contribution < 1.29 is 4.52 Å². The van der Waals surface area contributed by atoms with E-state index in [1.807, 2.05) is 6.92 Å². The number of hydrogen-bond donors (Lipinski definition) is 1. The van der Waals surface area contributed by atoms with E-state index in [0.29, 0.717) is 11.9 Å². The molecule has 0 aromatic carbocycles. The zero-order chi connectivity index (χ0) is 11.4. The van der Waals surface area contributed by atoms with E-state index >= 15 is 0 Å². The fraction of sp³-hybridized carbons (Fsp3) is 0.833. The number of rotatable bonds is 4. The second-order valence-corrected chi connectivity index (χ2v) is 4.80. The lowest BCUT2D eigenvalue weighted by Crippen LogP contribution is -2.38. The molecule has 90 valence electrons. The van der Waals surface area contributed by atoms with Gasteiger partial charge in [-0.3, -0.25) is 0 Å². The Morgan fingerprint density at radius 1 is 1.38 bits per heavy atom. The maximum Gasteiger partial charge on any atom is 0.223 e. The Balaban J connectivity index is 1.71. The summed E-state index contributed by atoms with van der Waals surface area (Å²) in [6.07, 6.45) is 6.29. The van der Waals surface area contributed by atoms with Crippen LogP contribution in [0.1, 0.15) is 44.3 Å². The monoisotopic (exact) mass is 223 g/mol. The molecule has 1 aliphatic rings. The summed E-state index contributed by atoms with van der Waals surface area (Å²) in [5.41, 5.74) is 0. The fourth-order valence-corrected chi connectivity index (χ4v) is 2.43. The Hall–Kier alpha value is -0.900. The third-order valence-corrected chi connectivity index (χ3v) is 3.44. The Bertz CT molecular complexity index is 324. The van der Waals surface area contributed by atoms with Crippen LogP contribution in [0.4, 0.5) is 0 Å². The molecule has 0 bridgehead atoms. The molecule has 0 spiro atoms. The van der Waals surface area contributed by atoms with Crippen LogP contribution in [0.5, 0.6) is 0 Å². The lowest BCUT2D eigenvalue weighted by Gasteiger charge is -2.29. The van der Waals surface area contributed by atoms with Crippen LogP contribution in [0.15, 0.2) is 4.52 Å². The van der Waals surface area contributed by atoms with Gasteiger partial charge < -0.3 is 9.84 Å². The van der Waals surface area contributed by atoms with Gasteiger partial charge in [0.05, 0.1) is 0 Å². The predicted molar refractivity (Wildman–Crippen MR) is 62.2 cm³/mol. The molecule has 0 radical (unpaired) electrons. The first-order chi connectivity index (χ1) is 7.75. The van der Waals surface area contributed by atoms with Crippen molar-refractivity contribution in [2.24, 2.45) is 5.92 Å². The Morgan fingerprint density at radius 3 is 2.88 bits per heavy atom. The van der Waals surface area contributed by atoms with Crippen LogP contribution in [0.3, 0.4) is 0 Å². The summed E-state index contributed by atoms with van der Waals surface area (Å²) in [6.45, 7) is 5.12. The summed E-state index contributed by atoms with van der Waals surface area (Å²) in [4.78, 5) is 4.19. The number of aryl methyl sites for hydroxylation is 1. The molecule has 0 aliphatic heterocycles. The average molecular weight is 223 g/mol. The molecule has 1 aromatic rings. The van der Waals surface area contributed by atoms with Crippen LogP contribution in [0.2, 0.25) is 0 Å². The van der Waals surface area contributed by atoms with Gasteiger partial charge in [-0.05, 0) is 18.8 Å². The van der Waals surface area contributed by atoms with Gasteiger partial charge >= 0.3 is 0 Å². The van der Waals surface area contributed by atoms with E-state index in [2.05, 4.69) is 22.4 Å². The first-order valence-corrected chi connectivity index (χ1v) is 6.28. The first-order valence-electron chi connectivity index (χ1n) is 6.28. The van der Waals surface area contributed by atoms with Crippen LogP contribution in [-0.4, -0.2) is 22.7 Å². The molecule has 2 unspecified atom stereocenters. The molecule has 1 aromatic heterocycles. The van der Waals surface area contributed by atoms with Gasteiger partial charge in [0.2, 0.25) is 5.89 Å². The van der Waals surface area contributed by atoms with Gasteiger partial charge in [0.1, 0.15) is 0 Å². The minimum atomic E-state index is 0.654. The highest BCUT2D eigenvalue weighted by Crippen LogP contribution is 2.23. The molecule has 2 atom stereocenters. The average Bonchev–Trinajstić information content (AvgIpc) is 2.67. The lowest BCUT2D eigenvalue weighted by atomic mass is 9.86. The molecule has 4 nitrogen and oxygen atoms in total. The highest BCUT2D eigenvalue weighted by molar-refractivity contribution is 4.86. The van der Waals surface area contributed by atoms with Crippen LogP contribution in [0.25, 0.3) is 0 Å². The summed E-state index contributed by atoms with van der Waals surface area (Å²) >= 11 is 0. The van der Waals surface area contributed by atoms with E-state index in [9.17, 15) is 0 Å². The smallest absolute Gasteiger partial charge is 0.223 e. The van der Waals surface area contributed by atoms with Crippen molar-refractivity contribution in [3.63, 3.8) is 0 Å². The summed E-state index contributed by atoms with van der Waals surface area (Å²) in [6, 6.07) is 0.682. The summed E-state index contributed by atoms with van der Waals surface area (Å²) in [7, 11) is 0. The van der Waals surface area contributed by atoms with Crippen molar-refractivity contribution in [2.75, 3.05) is 6.54 Å². The van der Waals surface area contributed by atoms with Gasteiger partial charge in [0.25, 0.3) is 0 Å². The summed E-state index contributed by atoms with van der Waals surface area (Å²) in [5, 5.41) is 7.50. The molecule has 0 saturated heterocycles. The van der Waals surface area contributed by atoms with Crippen molar-refractivity contribution in [3.8, 4) is 0 Å². The number of hydrogen-bond acceptors (Lipinski definition) is 4. The van der Waals surface area contributed by atoms with Crippen LogP contribution in [-0.2, 0) is 6.42 Å². The molecule has 16 heavy (non-hydrogen) atoms. The SMILES string of the molecule is Cc1nc(CCNC2CCCCC2C)no1. The third kappa shape index (κ3) is 3.04. The molecular formula is C12H21N3O. The topological polar surface area (TPSA) is 51.0 Å². The molecule has 0 amide bonds. The van der Waals surface area contributed by atoms with Crippen molar-refractivity contribution in [1.29, 1.82) is 0 Å². The normalized spacial score (nSPS) is 25.9. The van der Waals surface area contributed by atoms with Gasteiger partial charge in [-0.15, -0.1) is 0 Å². The Morgan fingerprint density at radius 2 is 2.19 bits per heavy atom. The van der Waals surface area contributed by atoms with Crippen molar-refractivity contribution >= 4 is 0 Å². The molecule has 1 N–H and O–H groups in total. The predicted octanol–water partition coefficient (Wildman–Crippen LogP) is 2.09. The number of nitrogens with one attached hydrogen (secondary N) is 1. The van der Waals surface area contributed by atoms with E-state index in [1.54, 1.807) is 0 Å². The summed E-state index contributed by atoms with van der Waals surface area (Å²) < 4.78 is 4.94.